The van der Waals surface area contributed by atoms with E-state index in [9.17, 15) is 22.8 Å². The van der Waals surface area contributed by atoms with Crippen LogP contribution in [0.1, 0.15) is 62.0 Å². The van der Waals surface area contributed by atoms with E-state index < -0.39 is 36.4 Å². The van der Waals surface area contributed by atoms with Crippen LogP contribution in [0.15, 0.2) is 71.0 Å². The molecule has 4 aromatic rings. The fraction of sp³-hybridized carbons (Fsp3) is 0.387. The lowest BCUT2D eigenvalue weighted by Gasteiger charge is -2.32. The third-order valence-electron chi connectivity index (χ3n) is 7.69. The Kier molecular flexibility index (Phi) is 9.75. The molecule has 0 spiro atoms. The van der Waals surface area contributed by atoms with Crippen LogP contribution in [0.2, 0.25) is 5.02 Å². The number of hydrogen-bond donors (Lipinski definition) is 2. The summed E-state index contributed by atoms with van der Waals surface area (Å²) in [6.45, 7) is 5.72. The van der Waals surface area contributed by atoms with E-state index in [1.807, 2.05) is 26.1 Å². The average Bonchev–Trinajstić information content (AvgIpc) is 3.39. The maximum atomic E-state index is 14.3. The Morgan fingerprint density at radius 2 is 1.92 bits per heavy atom. The molecule has 2 amide bonds. The van der Waals surface area contributed by atoms with Crippen molar-refractivity contribution in [3.8, 4) is 17.1 Å². The van der Waals surface area contributed by atoms with Gasteiger partial charge in [0.05, 0.1) is 16.8 Å². The van der Waals surface area contributed by atoms with Crippen molar-refractivity contribution in [1.29, 1.82) is 0 Å². The zero-order valence-corrected chi connectivity index (χ0v) is 27.0. The smallest absolute Gasteiger partial charge is 0.411 e. The third-order valence-corrected chi connectivity index (χ3v) is 8.01. The first-order valence-corrected chi connectivity index (χ1v) is 15.2. The highest BCUT2D eigenvalue weighted by atomic mass is 35.5. The van der Waals surface area contributed by atoms with Crippen molar-refractivity contribution >= 4 is 29.6 Å². The van der Waals surface area contributed by atoms with Crippen molar-refractivity contribution < 1.29 is 32.0 Å². The standard InChI is InChI=1S/C31H33ClF3N9O4/c1-29(2,3)12-13-38-27(36)44(26(45)20-6-4-19(5-7-20)25-39-18-48-42-25)24(15-47-28(46)41-30(10-11-30)31(33,34)35)21-8-9-22(32)23(14-21)43-17-37-16-40-43/h4-9,14,16-18,24H,10-13,15H2,1-3H3,(H2,36,38)(H,41,46)/t24-/m1/s1. The molecule has 0 radical (unpaired) electrons. The summed E-state index contributed by atoms with van der Waals surface area (Å²) in [6.07, 6.45) is -2.01. The zero-order chi connectivity index (χ0) is 34.7. The van der Waals surface area contributed by atoms with Crippen LogP contribution >= 0.6 is 11.6 Å². The van der Waals surface area contributed by atoms with E-state index in [4.69, 9.17) is 26.6 Å². The molecule has 2 aromatic carbocycles. The normalized spacial score (nSPS) is 15.1. The Morgan fingerprint density at radius 1 is 1.19 bits per heavy atom. The van der Waals surface area contributed by atoms with Crippen molar-refractivity contribution in [2.24, 2.45) is 16.1 Å². The number of nitrogens with one attached hydrogen (secondary N) is 1. The van der Waals surface area contributed by atoms with Gasteiger partial charge in [-0.2, -0.15) is 23.3 Å². The van der Waals surface area contributed by atoms with E-state index in [1.165, 1.54) is 35.9 Å². The van der Waals surface area contributed by atoms with Crippen molar-refractivity contribution in [1.82, 2.24) is 35.1 Å². The first-order chi connectivity index (χ1) is 22.7. The number of carbonyl (C=O) groups is 2. The highest BCUT2D eigenvalue weighted by Gasteiger charge is 2.64. The van der Waals surface area contributed by atoms with Crippen molar-refractivity contribution in [3.63, 3.8) is 0 Å². The highest BCUT2D eigenvalue weighted by molar-refractivity contribution is 6.32. The van der Waals surface area contributed by atoms with Gasteiger partial charge in [-0.3, -0.25) is 14.7 Å². The Balaban J connectivity index is 1.54. The molecule has 2 aromatic heterocycles. The first kappa shape index (κ1) is 34.3. The number of aliphatic imine (C=N–C) groups is 1. The summed E-state index contributed by atoms with van der Waals surface area (Å²) in [5, 5.41) is 10.1. The lowest BCUT2D eigenvalue weighted by Crippen LogP contribution is -2.49. The van der Waals surface area contributed by atoms with E-state index in [2.05, 4.69) is 25.2 Å². The molecule has 0 aliphatic heterocycles. The van der Waals surface area contributed by atoms with E-state index >= 15 is 0 Å². The largest absolute Gasteiger partial charge is 0.447 e. The number of carbonyl (C=O) groups excluding carboxylic acids is 2. The second kappa shape index (κ2) is 13.6. The minimum absolute atomic E-state index is 0.107. The van der Waals surface area contributed by atoms with Gasteiger partial charge >= 0.3 is 12.3 Å². The topological polar surface area (TPSA) is 167 Å². The van der Waals surface area contributed by atoms with E-state index in [1.54, 1.807) is 30.3 Å². The number of nitrogens with two attached hydrogens (primary N) is 1. The minimum Gasteiger partial charge on any atom is -0.447 e. The van der Waals surface area contributed by atoms with Crippen LogP contribution in [0.4, 0.5) is 18.0 Å². The summed E-state index contributed by atoms with van der Waals surface area (Å²) in [4.78, 5) is 40.7. The number of alkyl halides is 3. The Labute approximate surface area is 278 Å². The van der Waals surface area contributed by atoms with Gasteiger partial charge in [-0.05, 0) is 54.5 Å². The van der Waals surface area contributed by atoms with Gasteiger partial charge in [0, 0.05) is 17.7 Å². The van der Waals surface area contributed by atoms with Crippen LogP contribution in [-0.2, 0) is 4.74 Å². The SMILES string of the molecule is CC(C)(C)CCN=C(N)N(C(=O)c1ccc(-c2ncon2)cc1)[C@H](COC(=O)NC1(C(F)(F)F)CC1)c1ccc(Cl)c(-n2cncn2)c1. The molecule has 254 valence electrons. The van der Waals surface area contributed by atoms with Crippen molar-refractivity contribution in [3.05, 3.63) is 77.7 Å². The number of nitrogens with zero attached hydrogens (tertiary/aromatic N) is 7. The van der Waals surface area contributed by atoms with Gasteiger partial charge in [0.25, 0.3) is 5.91 Å². The molecule has 17 heteroatoms. The van der Waals surface area contributed by atoms with Crippen molar-refractivity contribution in [2.75, 3.05) is 13.2 Å². The molecule has 1 atom stereocenters. The highest BCUT2D eigenvalue weighted by Crippen LogP contribution is 2.49. The summed E-state index contributed by atoms with van der Waals surface area (Å²) in [5.74, 6) is -0.529. The van der Waals surface area contributed by atoms with E-state index in [0.717, 1.165) is 4.90 Å². The van der Waals surface area contributed by atoms with E-state index in [-0.39, 0.29) is 41.3 Å². The lowest BCUT2D eigenvalue weighted by atomic mass is 9.92. The molecule has 1 saturated carbocycles. The van der Waals surface area contributed by atoms with Crippen LogP contribution in [0.25, 0.3) is 17.1 Å². The van der Waals surface area contributed by atoms with Crippen LogP contribution < -0.4 is 11.1 Å². The van der Waals surface area contributed by atoms with Crippen molar-refractivity contribution in [2.45, 2.75) is 57.8 Å². The molecule has 1 aliphatic rings. The number of benzene rings is 2. The molecule has 0 unspecified atom stereocenters. The summed E-state index contributed by atoms with van der Waals surface area (Å²) in [6, 6.07) is 9.79. The number of ether oxygens (including phenoxy) is 1. The summed E-state index contributed by atoms with van der Waals surface area (Å²) < 4.78 is 52.4. The van der Waals surface area contributed by atoms with Gasteiger partial charge in [-0.1, -0.05) is 55.7 Å². The molecule has 13 nitrogen and oxygen atoms in total. The lowest BCUT2D eigenvalue weighted by molar-refractivity contribution is -0.164. The Morgan fingerprint density at radius 3 is 2.50 bits per heavy atom. The monoisotopic (exact) mass is 687 g/mol. The molecule has 1 aliphatic carbocycles. The number of aromatic nitrogens is 5. The van der Waals surface area contributed by atoms with Gasteiger partial charge < -0.3 is 20.3 Å². The molecule has 3 N–H and O–H groups in total. The van der Waals surface area contributed by atoms with Crippen LogP contribution in [0.5, 0.6) is 0 Å². The molecular weight excluding hydrogens is 655 g/mol. The summed E-state index contributed by atoms with van der Waals surface area (Å²) in [5.41, 5.74) is 5.55. The molecule has 5 rings (SSSR count). The minimum atomic E-state index is -4.66. The molecule has 2 heterocycles. The van der Waals surface area contributed by atoms with Crippen LogP contribution in [0.3, 0.4) is 0 Å². The number of hydrogen-bond acceptors (Lipinski definition) is 9. The summed E-state index contributed by atoms with van der Waals surface area (Å²) in [7, 11) is 0. The average molecular weight is 688 g/mol. The van der Waals surface area contributed by atoms with E-state index in [0.29, 0.717) is 29.1 Å². The maximum absolute atomic E-state index is 14.3. The fourth-order valence-corrected chi connectivity index (χ4v) is 4.95. The van der Waals surface area contributed by atoms with Gasteiger partial charge in [-0.25, -0.2) is 14.5 Å². The van der Waals surface area contributed by atoms with Gasteiger partial charge in [0.15, 0.2) is 5.96 Å². The molecule has 0 bridgehead atoms. The molecule has 48 heavy (non-hydrogen) atoms. The molecule has 1 fully saturated rings. The van der Waals surface area contributed by atoms with Crippen LogP contribution in [0, 0.1) is 5.41 Å². The Bertz CT molecular complexity index is 1750. The second-order valence-corrected chi connectivity index (χ2v) is 12.8. The number of rotatable bonds is 10. The zero-order valence-electron chi connectivity index (χ0n) is 26.2. The first-order valence-electron chi connectivity index (χ1n) is 14.8. The van der Waals surface area contributed by atoms with Gasteiger partial charge in [0.2, 0.25) is 12.2 Å². The number of halogens is 4. The quantitative estimate of drug-likeness (QED) is 0.156. The second-order valence-electron chi connectivity index (χ2n) is 12.4. The van der Waals surface area contributed by atoms with Crippen LogP contribution in [-0.4, -0.2) is 72.6 Å². The number of amides is 2. The van der Waals surface area contributed by atoms with Gasteiger partial charge in [0.1, 0.15) is 24.8 Å². The fourth-order valence-electron chi connectivity index (χ4n) is 4.74. The molecular formula is C31H33ClF3N9O4. The maximum Gasteiger partial charge on any atom is 0.411 e. The number of alkyl carbamates (subject to hydrolysis) is 1. The summed E-state index contributed by atoms with van der Waals surface area (Å²) >= 11 is 6.47. The predicted octanol–water partition coefficient (Wildman–Crippen LogP) is 5.73. The Hall–Kier alpha value is -4.99. The number of guanidine groups is 1. The predicted molar refractivity (Wildman–Crippen MR) is 168 cm³/mol. The molecule has 0 saturated heterocycles. The third kappa shape index (κ3) is 7.93. The van der Waals surface area contributed by atoms with Gasteiger partial charge in [-0.15, -0.1) is 0 Å².